The van der Waals surface area contributed by atoms with E-state index in [-0.39, 0.29) is 5.88 Å². The lowest BCUT2D eigenvalue weighted by Crippen LogP contribution is -2.50. The third kappa shape index (κ3) is 4.09. The average molecular weight is 277 g/mol. The number of nitrogens with one attached hydrogen (secondary N) is 2. The number of carbonyl (C=O) groups is 1. The molecule has 0 aliphatic carbocycles. The predicted octanol–water partition coefficient (Wildman–Crippen LogP) is 1.51. The molecule has 5 nitrogen and oxygen atoms in total. The van der Waals surface area contributed by atoms with Crippen LogP contribution in [0.5, 0.6) is 5.88 Å². The van der Waals surface area contributed by atoms with Gasteiger partial charge in [0.15, 0.2) is 5.60 Å². The molecule has 0 unspecified atom stereocenters. The van der Waals surface area contributed by atoms with Gasteiger partial charge < -0.3 is 4.74 Å². The number of halogens is 3. The zero-order chi connectivity index (χ0) is 14.7. The molecule has 8 heteroatoms. The quantitative estimate of drug-likeness (QED) is 0.819. The second-order valence-electron chi connectivity index (χ2n) is 4.20. The van der Waals surface area contributed by atoms with Crippen LogP contribution in [0.2, 0.25) is 0 Å². The molecule has 0 saturated heterocycles. The topological polar surface area (TPSA) is 63.2 Å². The highest BCUT2D eigenvalue weighted by Gasteiger charge is 2.32. The molecular formula is C11H14F3N3O2. The van der Waals surface area contributed by atoms with Crippen LogP contribution in [0.25, 0.3) is 0 Å². The van der Waals surface area contributed by atoms with E-state index in [1.807, 2.05) is 0 Å². The number of nitrogens with zero attached hydrogens (tertiary/aromatic N) is 1. The highest BCUT2D eigenvalue weighted by molar-refractivity contribution is 5.84. The zero-order valence-electron chi connectivity index (χ0n) is 10.6. The fourth-order valence-corrected chi connectivity index (χ4v) is 1.18. The number of hydrazine groups is 1. The first-order valence-electron chi connectivity index (χ1n) is 5.36. The molecule has 0 bridgehead atoms. The van der Waals surface area contributed by atoms with Crippen LogP contribution < -0.4 is 15.6 Å². The molecule has 0 atom stereocenters. The number of rotatable bonds is 4. The summed E-state index contributed by atoms with van der Waals surface area (Å²) < 4.78 is 42.3. The van der Waals surface area contributed by atoms with E-state index in [0.717, 1.165) is 12.1 Å². The Hall–Kier alpha value is -1.83. The fraction of sp³-hybridized carbons (Fsp3) is 0.455. The standard InChI is InChI=1S/C11H14F3N3O2/c1-10(2,9(18)17-15-3)19-8-5-4-7(6-16-8)11(12,13)14/h4-6,15H,1-3H3,(H,17,18). The molecule has 1 heterocycles. The first-order valence-corrected chi connectivity index (χ1v) is 5.36. The number of hydrogen-bond acceptors (Lipinski definition) is 4. The molecule has 0 spiro atoms. The first kappa shape index (κ1) is 15.2. The van der Waals surface area contributed by atoms with Gasteiger partial charge in [0, 0.05) is 19.3 Å². The van der Waals surface area contributed by atoms with Crippen molar-refractivity contribution >= 4 is 5.91 Å². The molecule has 19 heavy (non-hydrogen) atoms. The molecule has 1 rings (SSSR count). The largest absolute Gasteiger partial charge is 0.461 e. The third-order valence-corrected chi connectivity index (χ3v) is 2.21. The molecule has 0 aliphatic rings. The van der Waals surface area contributed by atoms with Crippen molar-refractivity contribution in [3.63, 3.8) is 0 Å². The van der Waals surface area contributed by atoms with E-state index < -0.39 is 23.2 Å². The van der Waals surface area contributed by atoms with E-state index in [4.69, 9.17) is 4.74 Å². The van der Waals surface area contributed by atoms with Crippen molar-refractivity contribution in [1.82, 2.24) is 15.8 Å². The number of pyridine rings is 1. The minimum absolute atomic E-state index is 0.0655. The molecule has 1 aromatic rings. The van der Waals surface area contributed by atoms with E-state index in [9.17, 15) is 18.0 Å². The highest BCUT2D eigenvalue weighted by Crippen LogP contribution is 2.29. The summed E-state index contributed by atoms with van der Waals surface area (Å²) in [7, 11) is 1.50. The maximum absolute atomic E-state index is 12.3. The SMILES string of the molecule is CNNC(=O)C(C)(C)Oc1ccc(C(F)(F)F)cn1. The van der Waals surface area contributed by atoms with Crippen molar-refractivity contribution in [2.24, 2.45) is 0 Å². The summed E-state index contributed by atoms with van der Waals surface area (Å²) in [6.07, 6.45) is -3.80. The van der Waals surface area contributed by atoms with E-state index in [1.165, 1.54) is 20.9 Å². The van der Waals surface area contributed by atoms with Crippen LogP contribution in [0.3, 0.4) is 0 Å². The highest BCUT2D eigenvalue weighted by atomic mass is 19.4. The lowest BCUT2D eigenvalue weighted by atomic mass is 10.1. The number of ether oxygens (including phenoxy) is 1. The van der Waals surface area contributed by atoms with Crippen LogP contribution in [0.15, 0.2) is 18.3 Å². The van der Waals surface area contributed by atoms with Crippen molar-refractivity contribution in [2.45, 2.75) is 25.6 Å². The van der Waals surface area contributed by atoms with Crippen LogP contribution in [-0.4, -0.2) is 23.5 Å². The van der Waals surface area contributed by atoms with E-state index >= 15 is 0 Å². The minimum atomic E-state index is -4.45. The third-order valence-electron chi connectivity index (χ3n) is 2.21. The minimum Gasteiger partial charge on any atom is -0.461 e. The van der Waals surface area contributed by atoms with Gasteiger partial charge in [0.1, 0.15) is 0 Å². The molecule has 1 amide bonds. The Kier molecular flexibility index (Phi) is 4.35. The van der Waals surface area contributed by atoms with Gasteiger partial charge in [0.25, 0.3) is 5.91 Å². The van der Waals surface area contributed by atoms with Gasteiger partial charge in [0.05, 0.1) is 5.56 Å². The van der Waals surface area contributed by atoms with E-state index in [0.29, 0.717) is 6.20 Å². The zero-order valence-corrected chi connectivity index (χ0v) is 10.6. The van der Waals surface area contributed by atoms with Gasteiger partial charge >= 0.3 is 6.18 Å². The van der Waals surface area contributed by atoms with Gasteiger partial charge in [-0.05, 0) is 19.9 Å². The lowest BCUT2D eigenvalue weighted by Gasteiger charge is -2.24. The van der Waals surface area contributed by atoms with E-state index in [2.05, 4.69) is 15.8 Å². The second-order valence-corrected chi connectivity index (χ2v) is 4.20. The summed E-state index contributed by atoms with van der Waals surface area (Å²) in [5, 5.41) is 0. The monoisotopic (exact) mass is 277 g/mol. The molecule has 0 radical (unpaired) electrons. The van der Waals surface area contributed by atoms with Crippen molar-refractivity contribution in [3.05, 3.63) is 23.9 Å². The van der Waals surface area contributed by atoms with E-state index in [1.54, 1.807) is 0 Å². The van der Waals surface area contributed by atoms with Crippen LogP contribution >= 0.6 is 0 Å². The predicted molar refractivity (Wildman–Crippen MR) is 61.1 cm³/mol. The Bertz CT molecular complexity index is 443. The Morgan fingerprint density at radius 1 is 1.32 bits per heavy atom. The molecule has 0 saturated carbocycles. The number of alkyl halides is 3. The Balaban J connectivity index is 2.80. The maximum Gasteiger partial charge on any atom is 0.417 e. The van der Waals surface area contributed by atoms with Gasteiger partial charge in [-0.1, -0.05) is 0 Å². The normalized spacial score (nSPS) is 12.1. The fourth-order valence-electron chi connectivity index (χ4n) is 1.18. The smallest absolute Gasteiger partial charge is 0.417 e. The maximum atomic E-state index is 12.3. The summed E-state index contributed by atoms with van der Waals surface area (Å²) in [5.41, 5.74) is 2.61. The summed E-state index contributed by atoms with van der Waals surface area (Å²) in [5.74, 6) is -0.541. The number of amides is 1. The number of aromatic nitrogens is 1. The van der Waals surface area contributed by atoms with Crippen LogP contribution in [0.4, 0.5) is 13.2 Å². The van der Waals surface area contributed by atoms with Crippen LogP contribution in [-0.2, 0) is 11.0 Å². The molecule has 1 aromatic heterocycles. The number of hydrogen-bond donors (Lipinski definition) is 2. The Morgan fingerprint density at radius 2 is 1.95 bits per heavy atom. The molecule has 0 fully saturated rings. The van der Waals surface area contributed by atoms with Crippen molar-refractivity contribution in [1.29, 1.82) is 0 Å². The van der Waals surface area contributed by atoms with Crippen LogP contribution in [0.1, 0.15) is 19.4 Å². The molecule has 106 valence electrons. The van der Waals surface area contributed by atoms with Crippen molar-refractivity contribution < 1.29 is 22.7 Å². The van der Waals surface area contributed by atoms with Gasteiger partial charge in [0.2, 0.25) is 5.88 Å². The first-order chi connectivity index (χ1) is 8.66. The summed E-state index contributed by atoms with van der Waals surface area (Å²) in [6.45, 7) is 2.94. The van der Waals surface area contributed by atoms with Gasteiger partial charge in [-0.3, -0.25) is 10.2 Å². The summed E-state index contributed by atoms with van der Waals surface area (Å²) in [6, 6.07) is 1.91. The van der Waals surface area contributed by atoms with Crippen LogP contribution in [0, 0.1) is 0 Å². The average Bonchev–Trinajstić information content (AvgIpc) is 2.28. The Labute approximate surface area is 108 Å². The number of carbonyl (C=O) groups excluding carboxylic acids is 1. The molecule has 2 N–H and O–H groups in total. The second kappa shape index (κ2) is 5.43. The molecule has 0 aliphatic heterocycles. The van der Waals surface area contributed by atoms with Crippen molar-refractivity contribution in [3.8, 4) is 5.88 Å². The lowest BCUT2D eigenvalue weighted by molar-refractivity contribution is -0.138. The Morgan fingerprint density at radius 3 is 2.37 bits per heavy atom. The summed E-state index contributed by atoms with van der Waals surface area (Å²) >= 11 is 0. The molecule has 0 aromatic carbocycles. The van der Waals surface area contributed by atoms with Gasteiger partial charge in [-0.15, -0.1) is 0 Å². The van der Waals surface area contributed by atoms with Gasteiger partial charge in [-0.25, -0.2) is 10.4 Å². The van der Waals surface area contributed by atoms with Crippen molar-refractivity contribution in [2.75, 3.05) is 7.05 Å². The van der Waals surface area contributed by atoms with Gasteiger partial charge in [-0.2, -0.15) is 13.2 Å². The summed E-state index contributed by atoms with van der Waals surface area (Å²) in [4.78, 5) is 15.1. The molecular weight excluding hydrogens is 263 g/mol.